The second-order valence-corrected chi connectivity index (χ2v) is 6.79. The molecule has 1 aromatic carbocycles. The molecule has 0 amide bonds. The van der Waals surface area contributed by atoms with Gasteiger partial charge in [-0.05, 0) is 33.4 Å². The summed E-state index contributed by atoms with van der Waals surface area (Å²) in [5.41, 5.74) is 6.80. The molecule has 1 unspecified atom stereocenters. The minimum atomic E-state index is -0.336. The van der Waals surface area contributed by atoms with Crippen molar-refractivity contribution in [2.24, 2.45) is 10.7 Å². The Morgan fingerprint density at radius 1 is 1.55 bits per heavy atom. The largest absolute Gasteiger partial charge is 0.491 e. The number of rotatable bonds is 4. The summed E-state index contributed by atoms with van der Waals surface area (Å²) in [4.78, 5) is 5.61. The highest BCUT2D eigenvalue weighted by molar-refractivity contribution is 9.10. The molecule has 0 spiro atoms. The summed E-state index contributed by atoms with van der Waals surface area (Å²) in [6.45, 7) is 1.04. The van der Waals surface area contributed by atoms with Gasteiger partial charge in [-0.2, -0.15) is 0 Å². The lowest BCUT2D eigenvalue weighted by Gasteiger charge is -2.12. The Bertz CT molecular complexity index is 690. The molecule has 22 heavy (non-hydrogen) atoms. The molecule has 1 aromatic heterocycles. The standard InChI is InChI=1S/C15H15BrFN3OS/c16-11-6-10-13(8-21-14(10)7-12(11)17)20-15(18)19-4-3-9-2-1-5-22-9/h1-2,5-7,13H,3-4,8H2,(H3,18,19,20). The molecule has 3 rings (SSSR count). The third kappa shape index (κ3) is 3.41. The van der Waals surface area contributed by atoms with Gasteiger partial charge in [0.1, 0.15) is 18.2 Å². The van der Waals surface area contributed by atoms with E-state index in [0.717, 1.165) is 12.0 Å². The van der Waals surface area contributed by atoms with Crippen molar-refractivity contribution >= 4 is 33.2 Å². The number of guanidine groups is 1. The van der Waals surface area contributed by atoms with Gasteiger partial charge in [0.2, 0.25) is 0 Å². The van der Waals surface area contributed by atoms with Crippen LogP contribution in [0.4, 0.5) is 4.39 Å². The summed E-state index contributed by atoms with van der Waals surface area (Å²) in [6, 6.07) is 7.09. The number of hydrogen-bond acceptors (Lipinski definition) is 3. The van der Waals surface area contributed by atoms with Crippen LogP contribution in [-0.2, 0) is 6.42 Å². The Hall–Kier alpha value is -1.60. The summed E-state index contributed by atoms with van der Waals surface area (Å²) >= 11 is 4.90. The van der Waals surface area contributed by atoms with Crippen molar-refractivity contribution < 1.29 is 9.13 Å². The van der Waals surface area contributed by atoms with Crippen molar-refractivity contribution in [1.82, 2.24) is 5.32 Å². The number of aliphatic imine (C=N–C) groups is 1. The number of thiophene rings is 1. The minimum Gasteiger partial charge on any atom is -0.491 e. The maximum Gasteiger partial charge on any atom is 0.189 e. The fraction of sp³-hybridized carbons (Fsp3) is 0.267. The van der Waals surface area contributed by atoms with Gasteiger partial charge in [-0.25, -0.2) is 4.39 Å². The van der Waals surface area contributed by atoms with Crippen LogP contribution in [-0.4, -0.2) is 19.1 Å². The second-order valence-electron chi connectivity index (χ2n) is 4.91. The molecular weight excluding hydrogens is 369 g/mol. The Morgan fingerprint density at radius 3 is 3.18 bits per heavy atom. The predicted molar refractivity (Wildman–Crippen MR) is 90.0 cm³/mol. The van der Waals surface area contributed by atoms with Gasteiger partial charge in [0, 0.05) is 29.5 Å². The number of hydrogen-bond donors (Lipinski definition) is 2. The zero-order valence-electron chi connectivity index (χ0n) is 11.7. The fourth-order valence-electron chi connectivity index (χ4n) is 2.29. The smallest absolute Gasteiger partial charge is 0.189 e. The quantitative estimate of drug-likeness (QED) is 0.629. The normalized spacial score (nSPS) is 17.2. The van der Waals surface area contributed by atoms with Crippen LogP contribution < -0.4 is 15.8 Å². The van der Waals surface area contributed by atoms with Gasteiger partial charge in [0.05, 0.1) is 10.5 Å². The van der Waals surface area contributed by atoms with E-state index in [2.05, 4.69) is 32.3 Å². The van der Waals surface area contributed by atoms with E-state index in [1.807, 2.05) is 11.4 Å². The number of ether oxygens (including phenoxy) is 1. The molecule has 7 heteroatoms. The third-order valence-corrected chi connectivity index (χ3v) is 4.92. The minimum absolute atomic E-state index is 0.114. The summed E-state index contributed by atoms with van der Waals surface area (Å²) < 4.78 is 19.4. The van der Waals surface area contributed by atoms with Crippen LogP contribution >= 0.6 is 27.3 Å². The lowest BCUT2D eigenvalue weighted by Crippen LogP contribution is -2.36. The highest BCUT2D eigenvalue weighted by Gasteiger charge is 2.26. The molecule has 0 saturated heterocycles. The second kappa shape index (κ2) is 6.66. The molecule has 0 radical (unpaired) electrons. The topological polar surface area (TPSA) is 59.6 Å². The first-order valence-corrected chi connectivity index (χ1v) is 8.51. The summed E-state index contributed by atoms with van der Waals surface area (Å²) in [5.74, 6) is 0.583. The molecule has 0 fully saturated rings. The van der Waals surface area contributed by atoms with Gasteiger partial charge in [-0.15, -0.1) is 11.3 Å². The average Bonchev–Trinajstić information content (AvgIpc) is 3.11. The summed E-state index contributed by atoms with van der Waals surface area (Å²) in [6.07, 6.45) is 0.870. The van der Waals surface area contributed by atoms with Crippen LogP contribution in [0.1, 0.15) is 16.5 Å². The van der Waals surface area contributed by atoms with Gasteiger partial charge < -0.3 is 15.8 Å². The number of halogens is 2. The number of nitrogens with one attached hydrogen (secondary N) is 1. The van der Waals surface area contributed by atoms with Crippen molar-refractivity contribution in [3.63, 3.8) is 0 Å². The van der Waals surface area contributed by atoms with E-state index in [9.17, 15) is 4.39 Å². The molecule has 0 saturated carbocycles. The van der Waals surface area contributed by atoms with E-state index in [-0.39, 0.29) is 11.9 Å². The molecule has 1 atom stereocenters. The van der Waals surface area contributed by atoms with Gasteiger partial charge in [-0.1, -0.05) is 6.07 Å². The van der Waals surface area contributed by atoms with Crippen molar-refractivity contribution in [2.75, 3.05) is 13.2 Å². The Kier molecular flexibility index (Phi) is 4.63. The molecule has 2 aromatic rings. The highest BCUT2D eigenvalue weighted by Crippen LogP contribution is 2.35. The Morgan fingerprint density at radius 2 is 2.41 bits per heavy atom. The molecule has 3 N–H and O–H groups in total. The lowest BCUT2D eigenvalue weighted by atomic mass is 10.1. The number of nitrogens with zero attached hydrogens (tertiary/aromatic N) is 1. The molecule has 0 aliphatic carbocycles. The molecule has 1 aliphatic heterocycles. The van der Waals surface area contributed by atoms with E-state index in [1.165, 1.54) is 10.9 Å². The SMILES string of the molecule is NC(=NCCc1cccs1)NC1COc2cc(F)c(Br)cc21. The Balaban J connectivity index is 1.61. The molecule has 0 bridgehead atoms. The monoisotopic (exact) mass is 383 g/mol. The number of benzene rings is 1. The molecule has 1 aliphatic rings. The van der Waals surface area contributed by atoms with Crippen molar-refractivity contribution in [3.05, 3.63) is 50.4 Å². The van der Waals surface area contributed by atoms with E-state index in [0.29, 0.717) is 29.3 Å². The Labute approximate surface area is 140 Å². The first-order valence-electron chi connectivity index (χ1n) is 6.84. The zero-order chi connectivity index (χ0) is 15.5. The van der Waals surface area contributed by atoms with Crippen LogP contribution in [0.5, 0.6) is 5.75 Å². The van der Waals surface area contributed by atoms with Crippen LogP contribution in [0.15, 0.2) is 39.1 Å². The van der Waals surface area contributed by atoms with Crippen molar-refractivity contribution in [3.8, 4) is 5.75 Å². The van der Waals surface area contributed by atoms with Gasteiger partial charge in [-0.3, -0.25) is 4.99 Å². The van der Waals surface area contributed by atoms with Crippen molar-refractivity contribution in [2.45, 2.75) is 12.5 Å². The van der Waals surface area contributed by atoms with Gasteiger partial charge in [0.25, 0.3) is 0 Å². The van der Waals surface area contributed by atoms with Crippen LogP contribution in [0.25, 0.3) is 0 Å². The van der Waals surface area contributed by atoms with Gasteiger partial charge >= 0.3 is 0 Å². The number of fused-ring (bicyclic) bond motifs is 1. The molecule has 116 valence electrons. The van der Waals surface area contributed by atoms with Crippen molar-refractivity contribution in [1.29, 1.82) is 0 Å². The summed E-state index contributed by atoms with van der Waals surface area (Å²) in [5, 5.41) is 5.17. The highest BCUT2D eigenvalue weighted by atomic mass is 79.9. The fourth-order valence-corrected chi connectivity index (χ4v) is 3.35. The summed E-state index contributed by atoms with van der Waals surface area (Å²) in [7, 11) is 0. The average molecular weight is 384 g/mol. The van der Waals surface area contributed by atoms with E-state index in [4.69, 9.17) is 10.5 Å². The first kappa shape index (κ1) is 15.3. The zero-order valence-corrected chi connectivity index (χ0v) is 14.1. The predicted octanol–water partition coefficient (Wildman–Crippen LogP) is 3.23. The van der Waals surface area contributed by atoms with Crippen LogP contribution in [0.3, 0.4) is 0 Å². The van der Waals surface area contributed by atoms with E-state index in [1.54, 1.807) is 17.4 Å². The lowest BCUT2D eigenvalue weighted by molar-refractivity contribution is 0.323. The van der Waals surface area contributed by atoms with Crippen LogP contribution in [0, 0.1) is 5.82 Å². The molecule has 2 heterocycles. The molecule has 4 nitrogen and oxygen atoms in total. The maximum atomic E-state index is 13.5. The van der Waals surface area contributed by atoms with Gasteiger partial charge in [0.15, 0.2) is 5.96 Å². The van der Waals surface area contributed by atoms with E-state index >= 15 is 0 Å². The number of nitrogens with two attached hydrogens (primary N) is 1. The first-order chi connectivity index (χ1) is 10.6. The van der Waals surface area contributed by atoms with E-state index < -0.39 is 0 Å². The maximum absolute atomic E-state index is 13.5. The third-order valence-electron chi connectivity index (χ3n) is 3.38. The molecular formula is C15H15BrFN3OS. The van der Waals surface area contributed by atoms with Crippen LogP contribution in [0.2, 0.25) is 0 Å².